The van der Waals surface area contributed by atoms with Crippen molar-refractivity contribution >= 4 is 21.7 Å². The van der Waals surface area contributed by atoms with E-state index in [-0.39, 0.29) is 10.5 Å². The molecular formula is C26H33N3O4S. The Morgan fingerprint density at radius 3 is 2.12 bits per heavy atom. The number of fused-ring (bicyclic) bond motifs is 1. The summed E-state index contributed by atoms with van der Waals surface area (Å²) in [6, 6.07) is 13.0. The molecule has 2 aromatic rings. The lowest BCUT2D eigenvalue weighted by Crippen LogP contribution is -2.48. The van der Waals surface area contributed by atoms with Crippen LogP contribution >= 0.6 is 0 Å². The molecule has 2 aliphatic heterocycles. The van der Waals surface area contributed by atoms with Gasteiger partial charge in [-0.1, -0.05) is 18.9 Å². The number of carboxylic acid groups (broad SMARTS) is 1. The van der Waals surface area contributed by atoms with E-state index in [1.165, 1.54) is 71.1 Å². The van der Waals surface area contributed by atoms with Crippen LogP contribution in [0.5, 0.6) is 0 Å². The van der Waals surface area contributed by atoms with Crippen LogP contribution < -0.4 is 4.90 Å². The SMILES string of the molecule is O=C(O)c1ccc(S(=O)(=O)N2CCN(c3ccc4c(c3)CCN(C3CCCC3)CC4)CC2)cc1. The average Bonchev–Trinajstić information content (AvgIpc) is 3.31. The molecule has 0 spiro atoms. The van der Waals surface area contributed by atoms with Crippen LogP contribution in [-0.4, -0.2) is 74.0 Å². The molecule has 3 aliphatic rings. The minimum atomic E-state index is -3.64. The highest BCUT2D eigenvalue weighted by Crippen LogP contribution is 2.29. The summed E-state index contributed by atoms with van der Waals surface area (Å²) in [6.45, 7) is 4.39. The van der Waals surface area contributed by atoms with Crippen LogP contribution in [0.15, 0.2) is 47.4 Å². The van der Waals surface area contributed by atoms with Crippen molar-refractivity contribution in [3.05, 3.63) is 59.2 Å². The maximum atomic E-state index is 13.0. The predicted molar refractivity (Wildman–Crippen MR) is 132 cm³/mol. The molecule has 182 valence electrons. The van der Waals surface area contributed by atoms with Gasteiger partial charge < -0.3 is 10.0 Å². The Hall–Kier alpha value is -2.42. The summed E-state index contributed by atoms with van der Waals surface area (Å²) in [5, 5.41) is 9.05. The minimum absolute atomic E-state index is 0.0818. The predicted octanol–water partition coefficient (Wildman–Crippen LogP) is 3.24. The van der Waals surface area contributed by atoms with Crippen LogP contribution in [0.1, 0.15) is 47.2 Å². The second-order valence-corrected chi connectivity index (χ2v) is 11.6. The first-order valence-corrected chi connectivity index (χ1v) is 13.8. The standard InChI is InChI=1S/C26H33N3O4S/c30-26(31)21-6-9-25(10-7-21)34(32,33)29-17-15-28(16-18-29)24-8-5-20-11-13-27(14-12-22(20)19-24)23-3-1-2-4-23/h5-10,19,23H,1-4,11-18H2,(H,30,31). The highest BCUT2D eigenvalue weighted by molar-refractivity contribution is 7.89. The summed E-state index contributed by atoms with van der Waals surface area (Å²) in [5.41, 5.74) is 4.15. The van der Waals surface area contributed by atoms with Gasteiger partial charge in [-0.2, -0.15) is 4.31 Å². The first kappa shape index (κ1) is 23.3. The largest absolute Gasteiger partial charge is 0.478 e. The van der Waals surface area contributed by atoms with E-state index in [1.54, 1.807) is 0 Å². The molecule has 1 N–H and O–H groups in total. The summed E-state index contributed by atoms with van der Waals surface area (Å²) >= 11 is 0. The van der Waals surface area contributed by atoms with E-state index in [0.29, 0.717) is 26.2 Å². The number of nitrogens with zero attached hydrogens (tertiary/aromatic N) is 3. The Morgan fingerprint density at radius 2 is 1.47 bits per heavy atom. The summed E-state index contributed by atoms with van der Waals surface area (Å²) in [7, 11) is -3.64. The van der Waals surface area contributed by atoms with E-state index in [1.807, 2.05) is 0 Å². The van der Waals surface area contributed by atoms with Crippen LogP contribution in [0.3, 0.4) is 0 Å². The van der Waals surface area contributed by atoms with Gasteiger partial charge in [-0.05, 0) is 73.2 Å². The highest BCUT2D eigenvalue weighted by atomic mass is 32.2. The summed E-state index contributed by atoms with van der Waals surface area (Å²) in [4.78, 5) is 16.2. The Balaban J connectivity index is 1.22. The van der Waals surface area contributed by atoms with Crippen molar-refractivity contribution in [3.8, 4) is 0 Å². The average molecular weight is 484 g/mol. The van der Waals surface area contributed by atoms with Gasteiger partial charge in [0.25, 0.3) is 0 Å². The van der Waals surface area contributed by atoms with E-state index < -0.39 is 16.0 Å². The fraction of sp³-hybridized carbons (Fsp3) is 0.500. The minimum Gasteiger partial charge on any atom is -0.478 e. The van der Waals surface area contributed by atoms with Gasteiger partial charge >= 0.3 is 5.97 Å². The van der Waals surface area contributed by atoms with Crippen LogP contribution in [0.25, 0.3) is 0 Å². The first-order chi connectivity index (χ1) is 16.4. The van der Waals surface area contributed by atoms with Crippen molar-refractivity contribution in [2.45, 2.75) is 49.5 Å². The molecule has 1 aliphatic carbocycles. The molecule has 0 radical (unpaired) electrons. The highest BCUT2D eigenvalue weighted by Gasteiger charge is 2.29. The molecule has 0 amide bonds. The molecule has 5 rings (SSSR count). The van der Waals surface area contributed by atoms with Crippen LogP contribution in [0.4, 0.5) is 5.69 Å². The maximum absolute atomic E-state index is 13.0. The number of benzene rings is 2. The van der Waals surface area contributed by atoms with E-state index in [9.17, 15) is 13.2 Å². The number of hydrogen-bond donors (Lipinski definition) is 1. The van der Waals surface area contributed by atoms with Crippen LogP contribution in [0.2, 0.25) is 0 Å². The Kier molecular flexibility index (Phi) is 6.64. The van der Waals surface area contributed by atoms with Crippen molar-refractivity contribution in [2.24, 2.45) is 0 Å². The van der Waals surface area contributed by atoms with E-state index >= 15 is 0 Å². The molecule has 7 nitrogen and oxygen atoms in total. The monoisotopic (exact) mass is 483 g/mol. The molecule has 2 heterocycles. The lowest BCUT2D eigenvalue weighted by atomic mass is 10.0. The molecule has 0 unspecified atom stereocenters. The van der Waals surface area contributed by atoms with E-state index in [2.05, 4.69) is 28.0 Å². The third-order valence-electron chi connectivity index (χ3n) is 7.71. The molecule has 2 fully saturated rings. The first-order valence-electron chi connectivity index (χ1n) is 12.4. The lowest BCUT2D eigenvalue weighted by Gasteiger charge is -2.35. The van der Waals surface area contributed by atoms with Gasteiger partial charge in [0, 0.05) is 51.0 Å². The van der Waals surface area contributed by atoms with E-state index in [4.69, 9.17) is 5.11 Å². The third kappa shape index (κ3) is 4.72. The number of sulfonamides is 1. The zero-order chi connectivity index (χ0) is 23.7. The zero-order valence-electron chi connectivity index (χ0n) is 19.5. The Labute approximate surface area is 202 Å². The third-order valence-corrected chi connectivity index (χ3v) is 9.62. The van der Waals surface area contributed by atoms with Crippen molar-refractivity contribution in [1.29, 1.82) is 0 Å². The summed E-state index contributed by atoms with van der Waals surface area (Å²) in [6.07, 6.45) is 7.62. The fourth-order valence-corrected chi connectivity index (χ4v) is 7.09. The van der Waals surface area contributed by atoms with Gasteiger partial charge in [-0.3, -0.25) is 4.90 Å². The molecule has 0 atom stereocenters. The lowest BCUT2D eigenvalue weighted by molar-refractivity contribution is 0.0696. The van der Waals surface area contributed by atoms with Crippen molar-refractivity contribution in [1.82, 2.24) is 9.21 Å². The summed E-state index contributed by atoms with van der Waals surface area (Å²) < 4.78 is 27.6. The van der Waals surface area contributed by atoms with E-state index in [0.717, 1.165) is 32.0 Å². The molecule has 34 heavy (non-hydrogen) atoms. The molecule has 0 bridgehead atoms. The second-order valence-electron chi connectivity index (χ2n) is 9.65. The Morgan fingerprint density at radius 1 is 0.824 bits per heavy atom. The van der Waals surface area contributed by atoms with Gasteiger partial charge in [0.1, 0.15) is 0 Å². The van der Waals surface area contributed by atoms with Gasteiger partial charge in [0.05, 0.1) is 10.5 Å². The van der Waals surface area contributed by atoms with Crippen molar-refractivity contribution in [3.63, 3.8) is 0 Å². The summed E-state index contributed by atoms with van der Waals surface area (Å²) in [5.74, 6) is -1.07. The Bertz CT molecular complexity index is 1140. The fourth-order valence-electron chi connectivity index (χ4n) is 5.67. The van der Waals surface area contributed by atoms with Gasteiger partial charge in [-0.15, -0.1) is 0 Å². The molecule has 8 heteroatoms. The smallest absolute Gasteiger partial charge is 0.335 e. The number of aromatic carboxylic acids is 1. The molecular weight excluding hydrogens is 450 g/mol. The maximum Gasteiger partial charge on any atom is 0.335 e. The number of anilines is 1. The van der Waals surface area contributed by atoms with Gasteiger partial charge in [0.2, 0.25) is 10.0 Å². The van der Waals surface area contributed by atoms with Gasteiger partial charge in [-0.25, -0.2) is 13.2 Å². The quantitative estimate of drug-likeness (QED) is 0.703. The molecule has 0 aromatic heterocycles. The normalized spacial score (nSPS) is 20.8. The molecule has 2 aromatic carbocycles. The zero-order valence-corrected chi connectivity index (χ0v) is 20.3. The van der Waals surface area contributed by atoms with Crippen LogP contribution in [-0.2, 0) is 22.9 Å². The molecule has 1 saturated heterocycles. The van der Waals surface area contributed by atoms with Gasteiger partial charge in [0.15, 0.2) is 0 Å². The number of carbonyl (C=O) groups is 1. The number of hydrogen-bond acceptors (Lipinski definition) is 5. The number of rotatable bonds is 5. The number of piperazine rings is 1. The topological polar surface area (TPSA) is 81.2 Å². The van der Waals surface area contributed by atoms with Crippen molar-refractivity contribution < 1.29 is 18.3 Å². The van der Waals surface area contributed by atoms with Crippen LogP contribution in [0, 0.1) is 0 Å². The second kappa shape index (κ2) is 9.68. The van der Waals surface area contributed by atoms with Crippen molar-refractivity contribution in [2.75, 3.05) is 44.2 Å². The molecule has 1 saturated carbocycles. The number of carboxylic acids is 1.